The average Bonchev–Trinajstić information content (AvgIpc) is 2.81. The maximum atomic E-state index is 6.02. The Morgan fingerprint density at radius 2 is 2.16 bits per heavy atom. The molecule has 1 N–H and O–H groups in total. The molecule has 102 valence electrons. The molecule has 0 spiro atoms. The lowest BCUT2D eigenvalue weighted by Crippen LogP contribution is -2.18. The molecule has 0 saturated heterocycles. The van der Waals surface area contributed by atoms with E-state index in [4.69, 9.17) is 16.0 Å². The van der Waals surface area contributed by atoms with Crippen molar-refractivity contribution < 1.29 is 4.42 Å². The van der Waals surface area contributed by atoms with Crippen LogP contribution < -0.4 is 5.32 Å². The van der Waals surface area contributed by atoms with E-state index in [0.29, 0.717) is 18.4 Å². The van der Waals surface area contributed by atoms with Gasteiger partial charge in [0, 0.05) is 10.6 Å². The molecular weight excluding hydrogens is 260 g/mol. The molecule has 19 heavy (non-hydrogen) atoms. The van der Waals surface area contributed by atoms with Gasteiger partial charge < -0.3 is 9.73 Å². The standard InChI is InChI=1S/C15H19ClN2O/c1-10(2)7-17-9-15-18-8-14(19-15)12-4-5-13(16)11(3)6-12/h4-6,8,10,17H,7,9H2,1-3H3. The molecule has 0 bridgehead atoms. The molecule has 1 aromatic carbocycles. The number of hydrogen-bond donors (Lipinski definition) is 1. The first kappa shape index (κ1) is 14.1. The molecule has 0 aliphatic carbocycles. The molecule has 4 heteroatoms. The first-order valence-electron chi connectivity index (χ1n) is 6.48. The van der Waals surface area contributed by atoms with Gasteiger partial charge in [-0.1, -0.05) is 25.4 Å². The number of nitrogens with zero attached hydrogens (tertiary/aromatic N) is 1. The van der Waals surface area contributed by atoms with Gasteiger partial charge in [0.15, 0.2) is 5.76 Å². The number of benzene rings is 1. The predicted octanol–water partition coefficient (Wildman–Crippen LogP) is 4.05. The fourth-order valence-electron chi connectivity index (χ4n) is 1.79. The zero-order valence-electron chi connectivity index (χ0n) is 11.5. The number of nitrogens with one attached hydrogen (secondary N) is 1. The maximum absolute atomic E-state index is 6.02. The third-order valence-electron chi connectivity index (χ3n) is 2.82. The Hall–Kier alpha value is -1.32. The van der Waals surface area contributed by atoms with Crippen LogP contribution in [-0.2, 0) is 6.54 Å². The summed E-state index contributed by atoms with van der Waals surface area (Å²) in [5.74, 6) is 2.11. The van der Waals surface area contributed by atoms with Gasteiger partial charge in [-0.15, -0.1) is 0 Å². The number of aromatic nitrogens is 1. The summed E-state index contributed by atoms with van der Waals surface area (Å²) < 4.78 is 5.73. The van der Waals surface area contributed by atoms with Crippen molar-refractivity contribution >= 4 is 11.6 Å². The van der Waals surface area contributed by atoms with Crippen LogP contribution in [0.2, 0.25) is 5.02 Å². The van der Waals surface area contributed by atoms with E-state index in [0.717, 1.165) is 28.5 Å². The lowest BCUT2D eigenvalue weighted by Gasteiger charge is -2.04. The van der Waals surface area contributed by atoms with Gasteiger partial charge in [0.25, 0.3) is 0 Å². The van der Waals surface area contributed by atoms with E-state index in [9.17, 15) is 0 Å². The normalized spacial score (nSPS) is 11.2. The third kappa shape index (κ3) is 3.82. The molecule has 2 rings (SSSR count). The van der Waals surface area contributed by atoms with Gasteiger partial charge in [0.2, 0.25) is 5.89 Å². The summed E-state index contributed by atoms with van der Waals surface area (Å²) in [6.07, 6.45) is 1.76. The third-order valence-corrected chi connectivity index (χ3v) is 3.25. The lowest BCUT2D eigenvalue weighted by molar-refractivity contribution is 0.459. The van der Waals surface area contributed by atoms with Gasteiger partial charge in [-0.2, -0.15) is 0 Å². The molecule has 0 radical (unpaired) electrons. The topological polar surface area (TPSA) is 38.1 Å². The summed E-state index contributed by atoms with van der Waals surface area (Å²) >= 11 is 6.02. The van der Waals surface area contributed by atoms with E-state index < -0.39 is 0 Å². The van der Waals surface area contributed by atoms with E-state index in [1.165, 1.54) is 0 Å². The van der Waals surface area contributed by atoms with Gasteiger partial charge in [-0.05, 0) is 43.1 Å². The minimum Gasteiger partial charge on any atom is -0.439 e. The predicted molar refractivity (Wildman–Crippen MR) is 78.2 cm³/mol. The molecule has 1 heterocycles. The Morgan fingerprint density at radius 1 is 1.37 bits per heavy atom. The van der Waals surface area contributed by atoms with Gasteiger partial charge >= 0.3 is 0 Å². The highest BCUT2D eigenvalue weighted by atomic mass is 35.5. The second kappa shape index (κ2) is 6.22. The molecule has 0 fully saturated rings. The van der Waals surface area contributed by atoms with Gasteiger partial charge in [-0.25, -0.2) is 4.98 Å². The van der Waals surface area contributed by atoms with Crippen LogP contribution in [0, 0.1) is 12.8 Å². The van der Waals surface area contributed by atoms with Crippen molar-refractivity contribution in [2.75, 3.05) is 6.54 Å². The van der Waals surface area contributed by atoms with Gasteiger partial charge in [0.05, 0.1) is 12.7 Å². The minimum absolute atomic E-state index is 0.619. The quantitative estimate of drug-likeness (QED) is 0.897. The van der Waals surface area contributed by atoms with Crippen LogP contribution in [0.25, 0.3) is 11.3 Å². The van der Waals surface area contributed by atoms with Crippen LogP contribution in [0.5, 0.6) is 0 Å². The fourth-order valence-corrected chi connectivity index (χ4v) is 1.91. The zero-order valence-corrected chi connectivity index (χ0v) is 12.3. The van der Waals surface area contributed by atoms with Crippen LogP contribution in [-0.4, -0.2) is 11.5 Å². The molecule has 0 aliphatic heterocycles. The molecule has 0 amide bonds. The smallest absolute Gasteiger partial charge is 0.208 e. The lowest BCUT2D eigenvalue weighted by atomic mass is 10.1. The summed E-state index contributed by atoms with van der Waals surface area (Å²) in [6.45, 7) is 7.94. The van der Waals surface area contributed by atoms with E-state index in [-0.39, 0.29) is 0 Å². The number of halogens is 1. The molecule has 0 saturated carbocycles. The first-order valence-corrected chi connectivity index (χ1v) is 6.86. The maximum Gasteiger partial charge on any atom is 0.208 e. The number of hydrogen-bond acceptors (Lipinski definition) is 3. The van der Waals surface area contributed by atoms with Crippen LogP contribution in [0.15, 0.2) is 28.8 Å². The zero-order chi connectivity index (χ0) is 13.8. The Morgan fingerprint density at radius 3 is 2.84 bits per heavy atom. The molecule has 0 aliphatic rings. The molecule has 2 aromatic rings. The van der Waals surface area contributed by atoms with Crippen molar-refractivity contribution in [3.8, 4) is 11.3 Å². The van der Waals surface area contributed by atoms with Crippen molar-refractivity contribution in [1.82, 2.24) is 10.3 Å². The highest BCUT2D eigenvalue weighted by Crippen LogP contribution is 2.25. The monoisotopic (exact) mass is 278 g/mol. The van der Waals surface area contributed by atoms with Crippen LogP contribution in [0.1, 0.15) is 25.3 Å². The van der Waals surface area contributed by atoms with Crippen LogP contribution in [0.3, 0.4) is 0 Å². The Balaban J connectivity index is 2.05. The molecule has 0 atom stereocenters. The summed E-state index contributed by atoms with van der Waals surface area (Å²) in [5, 5.41) is 4.07. The van der Waals surface area contributed by atoms with Crippen molar-refractivity contribution in [3.63, 3.8) is 0 Å². The number of aryl methyl sites for hydroxylation is 1. The Kier molecular flexibility index (Phi) is 4.61. The summed E-state index contributed by atoms with van der Waals surface area (Å²) in [5.41, 5.74) is 2.04. The molecular formula is C15H19ClN2O. The fraction of sp³-hybridized carbons (Fsp3) is 0.400. The average molecular weight is 279 g/mol. The minimum atomic E-state index is 0.619. The highest BCUT2D eigenvalue weighted by molar-refractivity contribution is 6.31. The second-order valence-electron chi connectivity index (χ2n) is 5.11. The van der Waals surface area contributed by atoms with Gasteiger partial charge in [-0.3, -0.25) is 0 Å². The van der Waals surface area contributed by atoms with Crippen LogP contribution in [0.4, 0.5) is 0 Å². The van der Waals surface area contributed by atoms with E-state index in [2.05, 4.69) is 24.1 Å². The van der Waals surface area contributed by atoms with Crippen molar-refractivity contribution in [3.05, 3.63) is 40.9 Å². The summed E-state index contributed by atoms with van der Waals surface area (Å²) in [7, 11) is 0. The van der Waals surface area contributed by atoms with Crippen molar-refractivity contribution in [2.45, 2.75) is 27.3 Å². The van der Waals surface area contributed by atoms with Gasteiger partial charge in [0.1, 0.15) is 0 Å². The second-order valence-corrected chi connectivity index (χ2v) is 5.51. The molecule has 1 aromatic heterocycles. The summed E-state index contributed by atoms with van der Waals surface area (Å²) in [6, 6.07) is 5.83. The van der Waals surface area contributed by atoms with E-state index >= 15 is 0 Å². The van der Waals surface area contributed by atoms with Crippen molar-refractivity contribution in [1.29, 1.82) is 0 Å². The largest absolute Gasteiger partial charge is 0.439 e. The van der Waals surface area contributed by atoms with E-state index in [1.807, 2.05) is 25.1 Å². The Bertz CT molecular complexity index is 549. The number of rotatable bonds is 5. The van der Waals surface area contributed by atoms with E-state index in [1.54, 1.807) is 6.20 Å². The number of oxazole rings is 1. The Labute approximate surface area is 119 Å². The van der Waals surface area contributed by atoms with Crippen molar-refractivity contribution in [2.24, 2.45) is 5.92 Å². The first-order chi connectivity index (χ1) is 9.06. The summed E-state index contributed by atoms with van der Waals surface area (Å²) in [4.78, 5) is 4.28. The van der Waals surface area contributed by atoms with Crippen LogP contribution >= 0.6 is 11.6 Å². The molecule has 0 unspecified atom stereocenters. The highest BCUT2D eigenvalue weighted by Gasteiger charge is 2.07. The SMILES string of the molecule is Cc1cc(-c2cnc(CNCC(C)C)o2)ccc1Cl. The molecule has 3 nitrogen and oxygen atoms in total.